The first kappa shape index (κ1) is 22.2. The number of hydrogen-bond acceptors (Lipinski definition) is 6. The summed E-state index contributed by atoms with van der Waals surface area (Å²) in [5.74, 6) is -1.26. The van der Waals surface area contributed by atoms with Crippen LogP contribution >= 0.6 is 11.3 Å². The van der Waals surface area contributed by atoms with Gasteiger partial charge in [-0.1, -0.05) is 12.1 Å². The van der Waals surface area contributed by atoms with Crippen LogP contribution in [0.25, 0.3) is 10.6 Å². The maximum absolute atomic E-state index is 13.2. The van der Waals surface area contributed by atoms with E-state index in [4.69, 9.17) is 4.74 Å². The van der Waals surface area contributed by atoms with Crippen LogP contribution < -0.4 is 5.43 Å². The van der Waals surface area contributed by atoms with Gasteiger partial charge in [-0.2, -0.15) is 0 Å². The fraction of sp³-hybridized carbons (Fsp3) is 0.348. The van der Waals surface area contributed by atoms with Crippen molar-refractivity contribution >= 4 is 17.2 Å². The summed E-state index contributed by atoms with van der Waals surface area (Å²) in [4.78, 5) is 32.9. The number of pyridine rings is 1. The van der Waals surface area contributed by atoms with Crippen molar-refractivity contribution in [3.8, 4) is 16.3 Å². The smallest absolute Gasteiger partial charge is 0.274 e. The highest BCUT2D eigenvalue weighted by molar-refractivity contribution is 7.15. The molecule has 9 heteroatoms. The molecule has 1 amide bonds. The zero-order chi connectivity index (χ0) is 23.0. The van der Waals surface area contributed by atoms with E-state index in [2.05, 4.69) is 4.98 Å². The highest BCUT2D eigenvalue weighted by Crippen LogP contribution is 2.34. The predicted molar refractivity (Wildman–Crippen MR) is 120 cm³/mol. The molecule has 0 saturated carbocycles. The van der Waals surface area contributed by atoms with Crippen molar-refractivity contribution in [2.45, 2.75) is 32.4 Å². The number of rotatable bonds is 6. The van der Waals surface area contributed by atoms with E-state index < -0.39 is 11.2 Å². The number of methoxy groups -OCH3 is 1. The van der Waals surface area contributed by atoms with Crippen molar-refractivity contribution in [2.24, 2.45) is 0 Å². The molecule has 0 aliphatic carbocycles. The third-order valence-electron chi connectivity index (χ3n) is 5.83. The lowest BCUT2D eigenvalue weighted by Crippen LogP contribution is -2.51. The fourth-order valence-corrected chi connectivity index (χ4v) is 5.10. The average molecular weight is 458 g/mol. The molecule has 0 fully saturated rings. The summed E-state index contributed by atoms with van der Waals surface area (Å²) < 4.78 is 20.2. The summed E-state index contributed by atoms with van der Waals surface area (Å²) in [6.07, 6.45) is 3.82. The Morgan fingerprint density at radius 3 is 2.62 bits per heavy atom. The van der Waals surface area contributed by atoms with E-state index in [-0.39, 0.29) is 35.1 Å². The van der Waals surface area contributed by atoms with E-state index >= 15 is 0 Å². The standard InChI is InChI=1S/C23H24FN3O4S/c1-4-26-13(2)18(12-31-3)27-11-17(20(28)21(29)19(27)23(26)30)22-25-10-16(32-22)9-14-5-7-15(24)8-6-14/h5-8,10-11,13,18,29H,4,9,12H2,1-3H3/t13-,18+/m1/s1. The first-order valence-corrected chi connectivity index (χ1v) is 11.1. The Morgan fingerprint density at radius 2 is 1.97 bits per heavy atom. The second-order valence-corrected chi connectivity index (χ2v) is 8.88. The summed E-state index contributed by atoms with van der Waals surface area (Å²) in [7, 11) is 1.57. The summed E-state index contributed by atoms with van der Waals surface area (Å²) >= 11 is 1.32. The lowest BCUT2D eigenvalue weighted by Gasteiger charge is -2.41. The van der Waals surface area contributed by atoms with Crippen LogP contribution in [0.1, 0.15) is 40.8 Å². The number of hydrogen-bond donors (Lipinski definition) is 1. The number of aromatic hydroxyl groups is 1. The zero-order valence-electron chi connectivity index (χ0n) is 18.0. The van der Waals surface area contributed by atoms with E-state index in [0.717, 1.165) is 10.4 Å². The van der Waals surface area contributed by atoms with Gasteiger partial charge in [0.2, 0.25) is 5.43 Å². The Bertz CT molecular complexity index is 1200. The summed E-state index contributed by atoms with van der Waals surface area (Å²) in [5.41, 5.74) is 0.497. The van der Waals surface area contributed by atoms with Crippen molar-refractivity contribution in [2.75, 3.05) is 20.3 Å². The van der Waals surface area contributed by atoms with Gasteiger partial charge in [-0.05, 0) is 31.5 Å². The third kappa shape index (κ3) is 3.82. The van der Waals surface area contributed by atoms with Gasteiger partial charge in [0.15, 0.2) is 11.4 Å². The minimum absolute atomic E-state index is 0.0242. The molecule has 2 aromatic heterocycles. The van der Waals surface area contributed by atoms with Gasteiger partial charge < -0.3 is 19.3 Å². The van der Waals surface area contributed by atoms with Crippen molar-refractivity contribution in [3.05, 3.63) is 68.8 Å². The Morgan fingerprint density at radius 1 is 1.25 bits per heavy atom. The van der Waals surface area contributed by atoms with Crippen LogP contribution in [0.3, 0.4) is 0 Å². The monoisotopic (exact) mass is 457 g/mol. The van der Waals surface area contributed by atoms with Crippen LogP contribution in [-0.2, 0) is 11.2 Å². The zero-order valence-corrected chi connectivity index (χ0v) is 18.9. The number of halogens is 1. The topological polar surface area (TPSA) is 84.7 Å². The highest BCUT2D eigenvalue weighted by Gasteiger charge is 2.39. The largest absolute Gasteiger partial charge is 0.503 e. The summed E-state index contributed by atoms with van der Waals surface area (Å²) in [5, 5.41) is 11.2. The maximum Gasteiger partial charge on any atom is 0.274 e. The molecule has 1 aliphatic rings. The molecular formula is C23H24FN3O4S. The normalized spacial score (nSPS) is 18.1. The van der Waals surface area contributed by atoms with Gasteiger partial charge in [0, 0.05) is 37.3 Å². The molecule has 3 aromatic rings. The molecule has 0 bridgehead atoms. The number of ether oxygens (including phenoxy) is 1. The Balaban J connectivity index is 1.76. The van der Waals surface area contributed by atoms with Crippen molar-refractivity contribution in [1.29, 1.82) is 0 Å². The minimum atomic E-state index is -0.631. The van der Waals surface area contributed by atoms with Gasteiger partial charge in [-0.25, -0.2) is 9.37 Å². The molecule has 4 rings (SSSR count). The second-order valence-electron chi connectivity index (χ2n) is 7.77. The molecule has 0 radical (unpaired) electrons. The number of carbonyl (C=O) groups excluding carboxylic acids is 1. The first-order chi connectivity index (χ1) is 15.3. The molecular weight excluding hydrogens is 433 g/mol. The Labute approximate surface area is 188 Å². The van der Waals surface area contributed by atoms with Crippen molar-refractivity contribution in [3.63, 3.8) is 0 Å². The SMILES string of the molecule is CCN1C(=O)c2c(O)c(=O)c(-c3ncc(Cc4ccc(F)cc4)s3)cn2[C@@H](COC)[C@H]1C. The van der Waals surface area contributed by atoms with Gasteiger partial charge in [-0.3, -0.25) is 9.59 Å². The minimum Gasteiger partial charge on any atom is -0.503 e. The molecule has 2 atom stereocenters. The number of thiazole rings is 1. The van der Waals surface area contributed by atoms with Crippen LogP contribution in [0.4, 0.5) is 4.39 Å². The van der Waals surface area contributed by atoms with Crippen LogP contribution in [-0.4, -0.2) is 51.8 Å². The molecule has 168 valence electrons. The maximum atomic E-state index is 13.2. The van der Waals surface area contributed by atoms with Crippen LogP contribution in [0.5, 0.6) is 5.75 Å². The van der Waals surface area contributed by atoms with Crippen molar-refractivity contribution in [1.82, 2.24) is 14.5 Å². The molecule has 0 spiro atoms. The van der Waals surface area contributed by atoms with Gasteiger partial charge >= 0.3 is 0 Å². The lowest BCUT2D eigenvalue weighted by atomic mass is 10.0. The number of aromatic nitrogens is 2. The van der Waals surface area contributed by atoms with Gasteiger partial charge in [0.1, 0.15) is 10.8 Å². The van der Waals surface area contributed by atoms with Crippen molar-refractivity contribution < 1.29 is 19.0 Å². The van der Waals surface area contributed by atoms with E-state index in [1.165, 1.54) is 23.5 Å². The number of likely N-dealkylation sites (N-methyl/N-ethyl adjacent to an activating group) is 1. The molecule has 32 heavy (non-hydrogen) atoms. The Kier molecular flexibility index (Phi) is 6.12. The molecule has 0 unspecified atom stereocenters. The Hall–Kier alpha value is -3.04. The van der Waals surface area contributed by atoms with E-state index in [9.17, 15) is 19.1 Å². The number of fused-ring (bicyclic) bond motifs is 1. The molecule has 1 aromatic carbocycles. The van der Waals surface area contributed by atoms with Crippen LogP contribution in [0, 0.1) is 5.82 Å². The second kappa shape index (κ2) is 8.84. The quantitative estimate of drug-likeness (QED) is 0.613. The molecule has 7 nitrogen and oxygen atoms in total. The molecule has 3 heterocycles. The molecule has 0 saturated heterocycles. The number of carbonyl (C=O) groups is 1. The number of amides is 1. The van der Waals surface area contributed by atoms with Gasteiger partial charge in [0.05, 0.1) is 24.3 Å². The summed E-state index contributed by atoms with van der Waals surface area (Å²) in [6.45, 7) is 4.55. The molecule has 1 aliphatic heterocycles. The number of benzene rings is 1. The average Bonchev–Trinajstić information content (AvgIpc) is 3.23. The summed E-state index contributed by atoms with van der Waals surface area (Å²) in [6, 6.07) is 5.76. The third-order valence-corrected chi connectivity index (χ3v) is 6.86. The predicted octanol–water partition coefficient (Wildman–Crippen LogP) is 3.46. The van der Waals surface area contributed by atoms with Gasteiger partial charge in [0.25, 0.3) is 5.91 Å². The van der Waals surface area contributed by atoms with Gasteiger partial charge in [-0.15, -0.1) is 11.3 Å². The number of nitrogens with zero attached hydrogens (tertiary/aromatic N) is 3. The lowest BCUT2D eigenvalue weighted by molar-refractivity contribution is 0.0420. The highest BCUT2D eigenvalue weighted by atomic mass is 32.1. The fourth-order valence-electron chi connectivity index (χ4n) is 4.15. The van der Waals surface area contributed by atoms with E-state index in [1.807, 2.05) is 13.8 Å². The molecule has 1 N–H and O–H groups in total. The van der Waals surface area contributed by atoms with E-state index in [0.29, 0.717) is 24.6 Å². The van der Waals surface area contributed by atoms with E-state index in [1.54, 1.807) is 41.1 Å². The first-order valence-electron chi connectivity index (χ1n) is 10.3. The van der Waals surface area contributed by atoms with Crippen LogP contribution in [0.2, 0.25) is 0 Å². The van der Waals surface area contributed by atoms with Crippen LogP contribution in [0.15, 0.2) is 41.5 Å².